The maximum absolute atomic E-state index is 11.2. The maximum atomic E-state index is 11.2. The molecule has 0 saturated carbocycles. The quantitative estimate of drug-likeness (QED) is 0.691. The van der Waals surface area contributed by atoms with Crippen LogP contribution >= 0.6 is 0 Å². The molecule has 1 aromatic heterocycles. The minimum atomic E-state index is -0.215. The van der Waals surface area contributed by atoms with Gasteiger partial charge in [-0.2, -0.15) is 0 Å². The fourth-order valence-electron chi connectivity index (χ4n) is 0.745. The van der Waals surface area contributed by atoms with E-state index in [4.69, 9.17) is 4.42 Å². The van der Waals surface area contributed by atoms with Gasteiger partial charge in [-0.1, -0.05) is 6.08 Å². The molecular weight excluding hydrogens is 154 g/mol. The summed E-state index contributed by atoms with van der Waals surface area (Å²) in [6.45, 7) is 5.39. The van der Waals surface area contributed by atoms with Gasteiger partial charge >= 0.3 is 0 Å². The number of furan rings is 1. The van der Waals surface area contributed by atoms with Gasteiger partial charge in [0.15, 0.2) is 5.76 Å². The van der Waals surface area contributed by atoms with Gasteiger partial charge < -0.3 is 9.73 Å². The molecule has 1 N–H and O–H groups in total. The molecule has 12 heavy (non-hydrogen) atoms. The number of hydrogen-bond donors (Lipinski definition) is 1. The van der Waals surface area contributed by atoms with Crippen LogP contribution in [0, 0.1) is 0 Å². The minimum absolute atomic E-state index is 0.0393. The van der Waals surface area contributed by atoms with Crippen LogP contribution in [-0.4, -0.2) is 11.9 Å². The van der Waals surface area contributed by atoms with Crippen molar-refractivity contribution in [3.63, 3.8) is 0 Å². The summed E-state index contributed by atoms with van der Waals surface area (Å²) >= 11 is 0. The maximum Gasteiger partial charge on any atom is 0.287 e. The van der Waals surface area contributed by atoms with E-state index in [0.717, 1.165) is 0 Å². The third kappa shape index (κ3) is 1.99. The number of nitrogens with one attached hydrogen (secondary N) is 1. The molecule has 0 fully saturated rings. The van der Waals surface area contributed by atoms with Crippen molar-refractivity contribution in [1.82, 2.24) is 5.32 Å². The molecule has 1 unspecified atom stereocenters. The zero-order valence-corrected chi connectivity index (χ0v) is 6.91. The number of amides is 1. The molecule has 0 aromatic carbocycles. The van der Waals surface area contributed by atoms with Gasteiger partial charge in [-0.3, -0.25) is 4.79 Å². The summed E-state index contributed by atoms with van der Waals surface area (Å²) < 4.78 is 4.89. The molecule has 0 aliphatic rings. The number of rotatable bonds is 3. The molecule has 0 radical (unpaired) electrons. The topological polar surface area (TPSA) is 42.2 Å². The van der Waals surface area contributed by atoms with Crippen LogP contribution in [0.3, 0.4) is 0 Å². The summed E-state index contributed by atoms with van der Waals surface area (Å²) in [6, 6.07) is 3.25. The highest BCUT2D eigenvalue weighted by Crippen LogP contribution is 1.99. The van der Waals surface area contributed by atoms with E-state index in [-0.39, 0.29) is 11.9 Å². The average Bonchev–Trinajstić information content (AvgIpc) is 2.56. The number of carbonyl (C=O) groups is 1. The van der Waals surface area contributed by atoms with Crippen LogP contribution < -0.4 is 5.32 Å². The largest absolute Gasteiger partial charge is 0.459 e. The van der Waals surface area contributed by atoms with Crippen LogP contribution in [-0.2, 0) is 0 Å². The third-order valence-electron chi connectivity index (χ3n) is 1.46. The second kappa shape index (κ2) is 3.76. The van der Waals surface area contributed by atoms with Gasteiger partial charge in [0.25, 0.3) is 5.91 Å². The van der Waals surface area contributed by atoms with Crippen LogP contribution in [0.2, 0.25) is 0 Å². The second-order valence-corrected chi connectivity index (χ2v) is 2.48. The predicted octanol–water partition coefficient (Wildman–Crippen LogP) is 1.58. The van der Waals surface area contributed by atoms with Crippen molar-refractivity contribution in [2.75, 3.05) is 0 Å². The van der Waals surface area contributed by atoms with E-state index in [1.165, 1.54) is 6.26 Å². The third-order valence-corrected chi connectivity index (χ3v) is 1.46. The highest BCUT2D eigenvalue weighted by atomic mass is 16.3. The van der Waals surface area contributed by atoms with Crippen LogP contribution in [0.25, 0.3) is 0 Å². The van der Waals surface area contributed by atoms with Crippen molar-refractivity contribution in [3.8, 4) is 0 Å². The van der Waals surface area contributed by atoms with Crippen molar-refractivity contribution in [2.45, 2.75) is 13.0 Å². The van der Waals surface area contributed by atoms with Crippen LogP contribution in [0.4, 0.5) is 0 Å². The summed E-state index contributed by atoms with van der Waals surface area (Å²) in [5.74, 6) is 0.108. The molecule has 0 spiro atoms. The molecule has 64 valence electrons. The first kappa shape index (κ1) is 8.59. The normalized spacial score (nSPS) is 12.1. The molecular formula is C9H11NO2. The lowest BCUT2D eigenvalue weighted by Crippen LogP contribution is -2.30. The first-order valence-corrected chi connectivity index (χ1v) is 3.71. The molecule has 0 aliphatic heterocycles. The van der Waals surface area contributed by atoms with Crippen molar-refractivity contribution in [2.24, 2.45) is 0 Å². The average molecular weight is 165 g/mol. The molecule has 0 bridgehead atoms. The van der Waals surface area contributed by atoms with Gasteiger partial charge in [0.2, 0.25) is 0 Å². The van der Waals surface area contributed by atoms with Crippen molar-refractivity contribution in [3.05, 3.63) is 36.8 Å². The Morgan fingerprint density at radius 1 is 1.83 bits per heavy atom. The summed E-state index contributed by atoms with van der Waals surface area (Å²) in [5, 5.41) is 2.68. The predicted molar refractivity (Wildman–Crippen MR) is 45.8 cm³/mol. The van der Waals surface area contributed by atoms with E-state index in [9.17, 15) is 4.79 Å². The van der Waals surface area contributed by atoms with Gasteiger partial charge in [-0.25, -0.2) is 0 Å². The van der Waals surface area contributed by atoms with E-state index < -0.39 is 0 Å². The van der Waals surface area contributed by atoms with E-state index >= 15 is 0 Å². The fraction of sp³-hybridized carbons (Fsp3) is 0.222. The summed E-state index contributed by atoms with van der Waals surface area (Å²) in [4.78, 5) is 11.2. The van der Waals surface area contributed by atoms with E-state index in [0.29, 0.717) is 5.76 Å². The molecule has 1 atom stereocenters. The summed E-state index contributed by atoms with van der Waals surface area (Å²) in [5.41, 5.74) is 0. The molecule has 1 aromatic rings. The summed E-state index contributed by atoms with van der Waals surface area (Å²) in [6.07, 6.45) is 3.12. The zero-order valence-electron chi connectivity index (χ0n) is 6.91. The first-order chi connectivity index (χ1) is 5.74. The highest BCUT2D eigenvalue weighted by Gasteiger charge is 2.08. The Balaban J connectivity index is 2.55. The van der Waals surface area contributed by atoms with Crippen LogP contribution in [0.1, 0.15) is 17.5 Å². The first-order valence-electron chi connectivity index (χ1n) is 3.71. The van der Waals surface area contributed by atoms with Gasteiger partial charge in [0.05, 0.1) is 6.26 Å². The fourth-order valence-corrected chi connectivity index (χ4v) is 0.745. The Kier molecular flexibility index (Phi) is 2.69. The lowest BCUT2D eigenvalue weighted by Gasteiger charge is -2.06. The molecule has 0 saturated heterocycles. The standard InChI is InChI=1S/C9H11NO2/c1-3-7(2)10-9(11)8-5-4-6-12-8/h3-7H,1H2,2H3,(H,10,11). The van der Waals surface area contributed by atoms with Crippen LogP contribution in [0.5, 0.6) is 0 Å². The molecule has 1 rings (SSSR count). The van der Waals surface area contributed by atoms with E-state index in [2.05, 4.69) is 11.9 Å². The van der Waals surface area contributed by atoms with Crippen molar-refractivity contribution >= 4 is 5.91 Å². The second-order valence-electron chi connectivity index (χ2n) is 2.48. The molecule has 1 heterocycles. The van der Waals surface area contributed by atoms with Gasteiger partial charge in [-0.15, -0.1) is 6.58 Å². The van der Waals surface area contributed by atoms with Gasteiger partial charge in [0.1, 0.15) is 0 Å². The molecule has 0 aliphatic carbocycles. The van der Waals surface area contributed by atoms with Crippen LogP contribution in [0.15, 0.2) is 35.5 Å². The minimum Gasteiger partial charge on any atom is -0.459 e. The monoisotopic (exact) mass is 165 g/mol. The zero-order chi connectivity index (χ0) is 8.97. The Morgan fingerprint density at radius 2 is 2.58 bits per heavy atom. The SMILES string of the molecule is C=CC(C)NC(=O)c1ccco1. The Hall–Kier alpha value is -1.51. The molecule has 3 heteroatoms. The van der Waals surface area contributed by atoms with E-state index in [1.807, 2.05) is 6.92 Å². The Morgan fingerprint density at radius 3 is 3.08 bits per heavy atom. The summed E-state index contributed by atoms with van der Waals surface area (Å²) in [7, 11) is 0. The van der Waals surface area contributed by atoms with E-state index in [1.54, 1.807) is 18.2 Å². The Labute approximate surface area is 71.1 Å². The number of carbonyl (C=O) groups excluding carboxylic acids is 1. The molecule has 1 amide bonds. The Bertz CT molecular complexity index is 264. The lowest BCUT2D eigenvalue weighted by molar-refractivity contribution is 0.0919. The van der Waals surface area contributed by atoms with Crippen molar-refractivity contribution < 1.29 is 9.21 Å². The lowest BCUT2D eigenvalue weighted by atomic mass is 10.3. The smallest absolute Gasteiger partial charge is 0.287 e. The molecule has 3 nitrogen and oxygen atoms in total. The number of hydrogen-bond acceptors (Lipinski definition) is 2. The van der Waals surface area contributed by atoms with Crippen molar-refractivity contribution in [1.29, 1.82) is 0 Å². The van der Waals surface area contributed by atoms with Gasteiger partial charge in [-0.05, 0) is 19.1 Å². The van der Waals surface area contributed by atoms with Gasteiger partial charge in [0, 0.05) is 6.04 Å². The highest BCUT2D eigenvalue weighted by molar-refractivity contribution is 5.91.